The van der Waals surface area contributed by atoms with Gasteiger partial charge < -0.3 is 10.4 Å². The van der Waals surface area contributed by atoms with Crippen LogP contribution in [0.25, 0.3) is 0 Å². The minimum absolute atomic E-state index is 0.427. The molecule has 0 aliphatic heterocycles. The van der Waals surface area contributed by atoms with Crippen LogP contribution in [-0.4, -0.2) is 16.6 Å². The minimum atomic E-state index is -1.04. The van der Waals surface area contributed by atoms with Crippen molar-refractivity contribution in [1.82, 2.24) is 0 Å². The number of anilines is 1. The van der Waals surface area contributed by atoms with Crippen LogP contribution in [0.15, 0.2) is 48.5 Å². The Morgan fingerprint density at radius 2 is 1.76 bits per heavy atom. The van der Waals surface area contributed by atoms with E-state index in [0.29, 0.717) is 6.42 Å². The number of carboxylic acid groups (broad SMARTS) is 1. The molecule has 3 nitrogen and oxygen atoms in total. The molecular formula is C18H21NO2. The molecule has 2 aromatic rings. The summed E-state index contributed by atoms with van der Waals surface area (Å²) in [7, 11) is 0. The zero-order chi connectivity index (χ0) is 15.5. The van der Waals surface area contributed by atoms with E-state index in [2.05, 4.69) is 5.32 Å². The molecule has 3 heteroatoms. The SMILES string of the molecule is Cc1ccc(NC(C)(Cc2ccccc2)C(=O)O)cc1C. The molecule has 0 aliphatic rings. The number of nitrogens with one attached hydrogen (secondary N) is 1. The van der Waals surface area contributed by atoms with Gasteiger partial charge in [0.25, 0.3) is 0 Å². The van der Waals surface area contributed by atoms with Crippen molar-refractivity contribution in [2.45, 2.75) is 32.7 Å². The van der Waals surface area contributed by atoms with E-state index in [4.69, 9.17) is 0 Å². The number of aliphatic carboxylic acids is 1. The molecule has 2 aromatic carbocycles. The Bertz CT molecular complexity index is 637. The molecule has 2 N–H and O–H groups in total. The van der Waals surface area contributed by atoms with Crippen molar-refractivity contribution >= 4 is 11.7 Å². The Labute approximate surface area is 125 Å². The molecule has 110 valence electrons. The maximum Gasteiger partial charge on any atom is 0.329 e. The molecule has 0 bridgehead atoms. The summed E-state index contributed by atoms with van der Waals surface area (Å²) in [5.41, 5.74) is 3.13. The van der Waals surface area contributed by atoms with E-state index in [9.17, 15) is 9.90 Å². The predicted molar refractivity (Wildman–Crippen MR) is 85.7 cm³/mol. The van der Waals surface area contributed by atoms with Crippen LogP contribution in [0.5, 0.6) is 0 Å². The molecule has 0 aliphatic carbocycles. The summed E-state index contributed by atoms with van der Waals surface area (Å²) < 4.78 is 0. The van der Waals surface area contributed by atoms with E-state index in [-0.39, 0.29) is 0 Å². The lowest BCUT2D eigenvalue weighted by atomic mass is 9.92. The first-order valence-corrected chi connectivity index (χ1v) is 7.03. The van der Waals surface area contributed by atoms with Gasteiger partial charge in [-0.05, 0) is 49.6 Å². The van der Waals surface area contributed by atoms with E-state index in [1.807, 2.05) is 62.4 Å². The molecule has 0 aromatic heterocycles. The number of rotatable bonds is 5. The molecule has 0 spiro atoms. The van der Waals surface area contributed by atoms with Crippen molar-refractivity contribution in [3.63, 3.8) is 0 Å². The molecule has 21 heavy (non-hydrogen) atoms. The first-order valence-electron chi connectivity index (χ1n) is 7.03. The highest BCUT2D eigenvalue weighted by atomic mass is 16.4. The molecule has 1 atom stereocenters. The third-order valence-electron chi connectivity index (χ3n) is 3.80. The van der Waals surface area contributed by atoms with E-state index in [1.54, 1.807) is 6.92 Å². The van der Waals surface area contributed by atoms with Gasteiger partial charge in [0.2, 0.25) is 0 Å². The topological polar surface area (TPSA) is 49.3 Å². The van der Waals surface area contributed by atoms with Crippen LogP contribution in [0.3, 0.4) is 0 Å². The van der Waals surface area contributed by atoms with Crippen LogP contribution < -0.4 is 5.32 Å². The lowest BCUT2D eigenvalue weighted by molar-refractivity contribution is -0.141. The fourth-order valence-corrected chi connectivity index (χ4v) is 2.32. The summed E-state index contributed by atoms with van der Waals surface area (Å²) in [5, 5.41) is 12.8. The number of hydrogen-bond donors (Lipinski definition) is 2. The van der Waals surface area contributed by atoms with Gasteiger partial charge in [-0.15, -0.1) is 0 Å². The van der Waals surface area contributed by atoms with E-state index >= 15 is 0 Å². The second-order valence-electron chi connectivity index (χ2n) is 5.72. The van der Waals surface area contributed by atoms with Crippen molar-refractivity contribution in [1.29, 1.82) is 0 Å². The van der Waals surface area contributed by atoms with Gasteiger partial charge >= 0.3 is 5.97 Å². The summed E-state index contributed by atoms with van der Waals surface area (Å²) in [6, 6.07) is 15.6. The number of carboxylic acids is 1. The molecule has 2 rings (SSSR count). The van der Waals surface area contributed by atoms with E-state index in [0.717, 1.165) is 16.8 Å². The van der Waals surface area contributed by atoms with Crippen molar-refractivity contribution in [3.05, 3.63) is 65.2 Å². The lowest BCUT2D eigenvalue weighted by Gasteiger charge is -2.28. The van der Waals surface area contributed by atoms with Crippen LogP contribution in [0.4, 0.5) is 5.69 Å². The van der Waals surface area contributed by atoms with Crippen LogP contribution in [-0.2, 0) is 11.2 Å². The van der Waals surface area contributed by atoms with Crippen LogP contribution >= 0.6 is 0 Å². The van der Waals surface area contributed by atoms with Crippen LogP contribution in [0, 0.1) is 13.8 Å². The number of carbonyl (C=O) groups is 1. The number of hydrogen-bond acceptors (Lipinski definition) is 2. The Morgan fingerprint density at radius 1 is 1.10 bits per heavy atom. The molecule has 0 radical (unpaired) electrons. The predicted octanol–water partition coefficient (Wildman–Crippen LogP) is 3.80. The van der Waals surface area contributed by atoms with Crippen molar-refractivity contribution in [3.8, 4) is 0 Å². The second-order valence-corrected chi connectivity index (χ2v) is 5.72. The zero-order valence-electron chi connectivity index (χ0n) is 12.7. The van der Waals surface area contributed by atoms with Gasteiger partial charge in [-0.25, -0.2) is 4.79 Å². The Balaban J connectivity index is 2.25. The first-order chi connectivity index (χ1) is 9.90. The Hall–Kier alpha value is -2.29. The summed E-state index contributed by atoms with van der Waals surface area (Å²) in [6.07, 6.45) is 0.427. The fourth-order valence-electron chi connectivity index (χ4n) is 2.32. The van der Waals surface area contributed by atoms with Crippen molar-refractivity contribution < 1.29 is 9.90 Å². The fraction of sp³-hybridized carbons (Fsp3) is 0.278. The standard InChI is InChI=1S/C18H21NO2/c1-13-9-10-16(11-14(13)2)19-18(3,17(20)21)12-15-7-5-4-6-8-15/h4-11,19H,12H2,1-3H3,(H,20,21). The molecule has 1 unspecified atom stereocenters. The molecule has 0 saturated heterocycles. The van der Waals surface area contributed by atoms with Gasteiger partial charge in [-0.3, -0.25) is 0 Å². The van der Waals surface area contributed by atoms with E-state index < -0.39 is 11.5 Å². The van der Waals surface area contributed by atoms with E-state index in [1.165, 1.54) is 5.56 Å². The maximum atomic E-state index is 11.7. The molecule has 0 heterocycles. The van der Waals surface area contributed by atoms with Gasteiger partial charge in [-0.2, -0.15) is 0 Å². The first kappa shape index (κ1) is 15.1. The average molecular weight is 283 g/mol. The lowest BCUT2D eigenvalue weighted by Crippen LogP contribution is -2.45. The van der Waals surface area contributed by atoms with Crippen molar-refractivity contribution in [2.24, 2.45) is 0 Å². The Morgan fingerprint density at radius 3 is 2.33 bits per heavy atom. The van der Waals surface area contributed by atoms with Gasteiger partial charge in [0, 0.05) is 12.1 Å². The third-order valence-corrected chi connectivity index (χ3v) is 3.80. The summed E-state index contributed by atoms with van der Waals surface area (Å²) in [4.78, 5) is 11.7. The molecule has 0 saturated carbocycles. The average Bonchev–Trinajstić information content (AvgIpc) is 2.44. The molecule has 0 amide bonds. The number of aryl methyl sites for hydroxylation is 2. The zero-order valence-corrected chi connectivity index (χ0v) is 12.7. The van der Waals surface area contributed by atoms with Gasteiger partial charge in [0.05, 0.1) is 0 Å². The smallest absolute Gasteiger partial charge is 0.329 e. The number of benzene rings is 2. The molecule has 0 fully saturated rings. The summed E-state index contributed by atoms with van der Waals surface area (Å²) in [5.74, 6) is -0.857. The highest BCUT2D eigenvalue weighted by molar-refractivity contribution is 5.82. The Kier molecular flexibility index (Phi) is 4.32. The van der Waals surface area contributed by atoms with Crippen molar-refractivity contribution in [2.75, 3.05) is 5.32 Å². The summed E-state index contributed by atoms with van der Waals surface area (Å²) >= 11 is 0. The maximum absolute atomic E-state index is 11.7. The van der Waals surface area contributed by atoms with Gasteiger partial charge in [0.15, 0.2) is 0 Å². The summed E-state index contributed by atoms with van der Waals surface area (Å²) in [6.45, 7) is 5.78. The highest BCUT2D eigenvalue weighted by Crippen LogP contribution is 2.22. The van der Waals surface area contributed by atoms with Crippen LogP contribution in [0.2, 0.25) is 0 Å². The quantitative estimate of drug-likeness (QED) is 0.877. The highest BCUT2D eigenvalue weighted by Gasteiger charge is 2.33. The normalized spacial score (nSPS) is 13.5. The van der Waals surface area contributed by atoms with Gasteiger partial charge in [0.1, 0.15) is 5.54 Å². The largest absolute Gasteiger partial charge is 0.480 e. The van der Waals surface area contributed by atoms with Crippen LogP contribution in [0.1, 0.15) is 23.6 Å². The second kappa shape index (κ2) is 6.00. The molecular weight excluding hydrogens is 262 g/mol. The third kappa shape index (κ3) is 3.63. The van der Waals surface area contributed by atoms with Gasteiger partial charge in [-0.1, -0.05) is 36.4 Å². The minimum Gasteiger partial charge on any atom is -0.480 e. The monoisotopic (exact) mass is 283 g/mol.